The highest BCUT2D eigenvalue weighted by atomic mass is 19.1. The molecule has 0 fully saturated rings. The first kappa shape index (κ1) is 15.9. The second-order valence-electron chi connectivity index (χ2n) is 4.64. The van der Waals surface area contributed by atoms with Crippen LogP contribution in [0.15, 0.2) is 29.5 Å². The quantitative estimate of drug-likeness (QED) is 0.646. The van der Waals surface area contributed by atoms with Gasteiger partial charge >= 0.3 is 0 Å². The van der Waals surface area contributed by atoms with Gasteiger partial charge in [0.1, 0.15) is 18.0 Å². The molecule has 0 saturated heterocycles. The van der Waals surface area contributed by atoms with Crippen LogP contribution in [-0.2, 0) is 20.1 Å². The standard InChI is InChI=1S/C14H18F2N6/c1-3-17-14(19-8-13-21-20-9-22(13)2)18-7-10-6-11(15)4-5-12(10)16/h4-6,9H,3,7-8H2,1-2H3,(H2,17,18,19). The first-order chi connectivity index (χ1) is 10.6. The molecule has 0 unspecified atom stereocenters. The number of hydrogen-bond acceptors (Lipinski definition) is 3. The van der Waals surface area contributed by atoms with E-state index in [1.807, 2.05) is 14.0 Å². The van der Waals surface area contributed by atoms with Gasteiger partial charge in [-0.2, -0.15) is 0 Å². The zero-order chi connectivity index (χ0) is 15.9. The lowest BCUT2D eigenvalue weighted by Gasteiger charge is -2.11. The molecule has 8 heteroatoms. The summed E-state index contributed by atoms with van der Waals surface area (Å²) in [6, 6.07) is 3.32. The van der Waals surface area contributed by atoms with Crippen molar-refractivity contribution in [3.63, 3.8) is 0 Å². The van der Waals surface area contributed by atoms with E-state index in [9.17, 15) is 8.78 Å². The second kappa shape index (κ2) is 7.48. The summed E-state index contributed by atoms with van der Waals surface area (Å²) < 4.78 is 28.5. The van der Waals surface area contributed by atoms with Crippen LogP contribution < -0.4 is 10.6 Å². The molecule has 2 N–H and O–H groups in total. The van der Waals surface area contributed by atoms with Gasteiger partial charge in [-0.25, -0.2) is 13.8 Å². The fraction of sp³-hybridized carbons (Fsp3) is 0.357. The van der Waals surface area contributed by atoms with Crippen LogP contribution in [0.5, 0.6) is 0 Å². The van der Waals surface area contributed by atoms with E-state index >= 15 is 0 Å². The van der Waals surface area contributed by atoms with Gasteiger partial charge in [-0.1, -0.05) is 0 Å². The van der Waals surface area contributed by atoms with Crippen molar-refractivity contribution in [2.45, 2.75) is 20.0 Å². The van der Waals surface area contributed by atoms with E-state index in [1.54, 1.807) is 10.9 Å². The Labute approximate surface area is 127 Å². The van der Waals surface area contributed by atoms with E-state index in [2.05, 4.69) is 25.8 Å². The molecule has 2 rings (SSSR count). The third kappa shape index (κ3) is 4.24. The molecule has 118 valence electrons. The first-order valence-corrected chi connectivity index (χ1v) is 6.89. The molecule has 6 nitrogen and oxygen atoms in total. The zero-order valence-electron chi connectivity index (χ0n) is 12.5. The second-order valence-corrected chi connectivity index (χ2v) is 4.64. The fourth-order valence-corrected chi connectivity index (χ4v) is 1.80. The lowest BCUT2D eigenvalue weighted by atomic mass is 10.2. The molecular weight excluding hydrogens is 290 g/mol. The summed E-state index contributed by atoms with van der Waals surface area (Å²) in [7, 11) is 1.84. The van der Waals surface area contributed by atoms with Crippen molar-refractivity contribution in [1.29, 1.82) is 0 Å². The minimum atomic E-state index is -0.483. The van der Waals surface area contributed by atoms with Gasteiger partial charge in [-0.3, -0.25) is 0 Å². The summed E-state index contributed by atoms with van der Waals surface area (Å²) in [6.07, 6.45) is 1.60. The number of nitrogens with one attached hydrogen (secondary N) is 2. The van der Waals surface area contributed by atoms with Gasteiger partial charge in [0.05, 0.1) is 13.1 Å². The number of nitrogens with zero attached hydrogens (tertiary/aromatic N) is 4. The molecule has 1 heterocycles. The maximum atomic E-state index is 13.6. The van der Waals surface area contributed by atoms with Crippen LogP contribution in [0, 0.1) is 11.6 Å². The van der Waals surface area contributed by atoms with Crippen LogP contribution in [0.25, 0.3) is 0 Å². The minimum Gasteiger partial charge on any atom is -0.357 e. The van der Waals surface area contributed by atoms with Crippen LogP contribution >= 0.6 is 0 Å². The number of benzene rings is 1. The Hall–Kier alpha value is -2.51. The normalized spacial score (nSPS) is 11.5. The molecule has 1 aromatic carbocycles. The first-order valence-electron chi connectivity index (χ1n) is 6.89. The average Bonchev–Trinajstić information content (AvgIpc) is 2.90. The average molecular weight is 308 g/mol. The van der Waals surface area contributed by atoms with Crippen LogP contribution in [0.4, 0.5) is 8.78 Å². The van der Waals surface area contributed by atoms with Crippen LogP contribution in [0.2, 0.25) is 0 Å². The Morgan fingerprint density at radius 1 is 1.32 bits per heavy atom. The summed E-state index contributed by atoms with van der Waals surface area (Å²) >= 11 is 0. The lowest BCUT2D eigenvalue weighted by Crippen LogP contribution is -2.37. The molecule has 0 aliphatic heterocycles. The van der Waals surface area contributed by atoms with Gasteiger partial charge in [0.15, 0.2) is 11.8 Å². The minimum absolute atomic E-state index is 0.0394. The van der Waals surface area contributed by atoms with Crippen molar-refractivity contribution in [3.05, 3.63) is 47.5 Å². The highest BCUT2D eigenvalue weighted by Crippen LogP contribution is 2.10. The van der Waals surface area contributed by atoms with E-state index < -0.39 is 11.6 Å². The van der Waals surface area contributed by atoms with Crippen molar-refractivity contribution >= 4 is 5.96 Å². The molecule has 1 aromatic heterocycles. The number of aryl methyl sites for hydroxylation is 1. The summed E-state index contributed by atoms with van der Waals surface area (Å²) in [6.45, 7) is 3.03. The number of aliphatic imine (C=N–C) groups is 1. The molecule has 0 aliphatic carbocycles. The topological polar surface area (TPSA) is 67.1 Å². The van der Waals surface area contributed by atoms with Crippen LogP contribution in [0.1, 0.15) is 18.3 Å². The fourth-order valence-electron chi connectivity index (χ4n) is 1.80. The van der Waals surface area contributed by atoms with Gasteiger partial charge in [0.2, 0.25) is 0 Å². The number of hydrogen-bond donors (Lipinski definition) is 2. The van der Waals surface area contributed by atoms with Gasteiger partial charge in [0.25, 0.3) is 0 Å². The van der Waals surface area contributed by atoms with Crippen molar-refractivity contribution in [1.82, 2.24) is 25.4 Å². The third-order valence-corrected chi connectivity index (χ3v) is 2.98. The maximum absolute atomic E-state index is 13.6. The van der Waals surface area contributed by atoms with Crippen molar-refractivity contribution in [2.24, 2.45) is 12.0 Å². The van der Waals surface area contributed by atoms with E-state index in [0.29, 0.717) is 19.0 Å². The van der Waals surface area contributed by atoms with Gasteiger partial charge in [-0.15, -0.1) is 10.2 Å². The monoisotopic (exact) mass is 308 g/mol. The molecule has 0 radical (unpaired) electrons. The molecule has 0 aliphatic rings. The van der Waals surface area contributed by atoms with E-state index in [4.69, 9.17) is 0 Å². The Morgan fingerprint density at radius 2 is 2.14 bits per heavy atom. The predicted molar refractivity (Wildman–Crippen MR) is 79.0 cm³/mol. The molecule has 0 saturated carbocycles. The van der Waals surface area contributed by atoms with Gasteiger partial charge in [0, 0.05) is 19.2 Å². The molecular formula is C14H18F2N6. The van der Waals surface area contributed by atoms with Crippen LogP contribution in [0.3, 0.4) is 0 Å². The molecule has 22 heavy (non-hydrogen) atoms. The van der Waals surface area contributed by atoms with E-state index in [1.165, 1.54) is 0 Å². The summed E-state index contributed by atoms with van der Waals surface area (Å²) in [5.74, 6) is 0.273. The lowest BCUT2D eigenvalue weighted by molar-refractivity contribution is 0.585. The highest BCUT2D eigenvalue weighted by molar-refractivity contribution is 5.79. The zero-order valence-corrected chi connectivity index (χ0v) is 12.5. The van der Waals surface area contributed by atoms with Crippen molar-refractivity contribution in [2.75, 3.05) is 6.54 Å². The van der Waals surface area contributed by atoms with Crippen molar-refractivity contribution in [3.8, 4) is 0 Å². The Bertz CT molecular complexity index is 653. The predicted octanol–water partition coefficient (Wildman–Crippen LogP) is 1.35. The SMILES string of the molecule is CCNC(=NCc1cc(F)ccc1F)NCc1nncn1C. The number of rotatable bonds is 5. The molecule has 0 atom stereocenters. The van der Waals surface area contributed by atoms with Gasteiger partial charge < -0.3 is 15.2 Å². The van der Waals surface area contributed by atoms with E-state index in [0.717, 1.165) is 24.0 Å². The Kier molecular flexibility index (Phi) is 5.40. The third-order valence-electron chi connectivity index (χ3n) is 2.98. The van der Waals surface area contributed by atoms with Gasteiger partial charge in [-0.05, 0) is 25.1 Å². The highest BCUT2D eigenvalue weighted by Gasteiger charge is 2.05. The summed E-state index contributed by atoms with van der Waals surface area (Å²) in [4.78, 5) is 4.25. The molecule has 2 aromatic rings. The van der Waals surface area contributed by atoms with Crippen LogP contribution in [-0.4, -0.2) is 27.3 Å². The van der Waals surface area contributed by atoms with Crippen molar-refractivity contribution < 1.29 is 8.78 Å². The van der Waals surface area contributed by atoms with E-state index in [-0.39, 0.29) is 12.1 Å². The maximum Gasteiger partial charge on any atom is 0.191 e. The molecule has 0 bridgehead atoms. The molecule has 0 amide bonds. The number of aromatic nitrogens is 3. The summed E-state index contributed by atoms with van der Waals surface area (Å²) in [5.41, 5.74) is 0.205. The smallest absolute Gasteiger partial charge is 0.191 e. The Balaban J connectivity index is 2.03. The Morgan fingerprint density at radius 3 is 2.82 bits per heavy atom. The summed E-state index contributed by atoms with van der Waals surface area (Å²) in [5, 5.41) is 13.8. The number of halogens is 2. The largest absolute Gasteiger partial charge is 0.357 e. The number of guanidine groups is 1. The molecule has 0 spiro atoms.